The first kappa shape index (κ1) is 14.9. The highest BCUT2D eigenvalue weighted by Crippen LogP contribution is 2.32. The molecule has 1 aromatic carbocycles. The minimum absolute atomic E-state index is 0.192. The van der Waals surface area contributed by atoms with Crippen molar-refractivity contribution in [3.05, 3.63) is 35.9 Å². The lowest BCUT2D eigenvalue weighted by atomic mass is 10.1. The Kier molecular flexibility index (Phi) is 4.51. The zero-order chi connectivity index (χ0) is 14.8. The van der Waals surface area contributed by atoms with Gasteiger partial charge in [0.15, 0.2) is 12.6 Å². The maximum absolute atomic E-state index is 10.0. The third-order valence-corrected chi connectivity index (χ3v) is 3.46. The first-order chi connectivity index (χ1) is 10.2. The van der Waals surface area contributed by atoms with E-state index in [4.69, 9.17) is 23.7 Å². The lowest BCUT2D eigenvalue weighted by Gasteiger charge is -2.36. The molecule has 6 unspecified atom stereocenters. The molecule has 0 amide bonds. The third-order valence-electron chi connectivity index (χ3n) is 3.46. The molecule has 7 nitrogen and oxygen atoms in total. The number of ether oxygens (including phenoxy) is 5. The van der Waals surface area contributed by atoms with Crippen LogP contribution in [-0.2, 0) is 23.7 Å². The number of fused-ring (bicyclic) bond motifs is 1. The highest BCUT2D eigenvalue weighted by atomic mass is 16.8. The lowest BCUT2D eigenvalue weighted by Crippen LogP contribution is -2.48. The largest absolute Gasteiger partial charge is 0.366 e. The average Bonchev–Trinajstić information content (AvgIpc) is 2.64. The summed E-state index contributed by atoms with van der Waals surface area (Å²) in [6.45, 7) is 0.192. The molecule has 7 heteroatoms. The first-order valence-electron chi connectivity index (χ1n) is 6.71. The molecule has 2 saturated heterocycles. The van der Waals surface area contributed by atoms with Crippen LogP contribution in [0.5, 0.6) is 0 Å². The second-order valence-electron chi connectivity index (χ2n) is 4.87. The van der Waals surface area contributed by atoms with Gasteiger partial charge in [0, 0.05) is 12.7 Å². The summed E-state index contributed by atoms with van der Waals surface area (Å²) in [5.74, 6) is 0. The summed E-state index contributed by atoms with van der Waals surface area (Å²) in [5, 5.41) is 19.8. The van der Waals surface area contributed by atoms with Gasteiger partial charge in [-0.15, -0.1) is 0 Å². The van der Waals surface area contributed by atoms with Crippen molar-refractivity contribution < 1.29 is 33.9 Å². The quantitative estimate of drug-likeness (QED) is 0.802. The van der Waals surface area contributed by atoms with Crippen LogP contribution in [0.3, 0.4) is 0 Å². The molecule has 1 aromatic rings. The van der Waals surface area contributed by atoms with Crippen molar-refractivity contribution in [1.82, 2.24) is 0 Å². The van der Waals surface area contributed by atoms with E-state index in [0.717, 1.165) is 5.56 Å². The van der Waals surface area contributed by atoms with Gasteiger partial charge >= 0.3 is 0 Å². The molecule has 2 aliphatic rings. The van der Waals surface area contributed by atoms with Gasteiger partial charge in [0.2, 0.25) is 12.6 Å². The highest BCUT2D eigenvalue weighted by Gasteiger charge is 2.45. The predicted molar refractivity (Wildman–Crippen MR) is 68.8 cm³/mol. The second kappa shape index (κ2) is 6.37. The smallest absolute Gasteiger partial charge is 0.209 e. The fourth-order valence-corrected chi connectivity index (χ4v) is 2.40. The molecule has 2 heterocycles. The molecule has 0 bridgehead atoms. The molecule has 0 spiro atoms. The summed E-state index contributed by atoms with van der Waals surface area (Å²) < 4.78 is 26.9. The fourth-order valence-electron chi connectivity index (χ4n) is 2.40. The summed E-state index contributed by atoms with van der Waals surface area (Å²) in [5.41, 5.74) is 0.830. The van der Waals surface area contributed by atoms with Crippen LogP contribution in [-0.4, -0.2) is 55.0 Å². The normalized spacial score (nSPS) is 40.3. The maximum atomic E-state index is 10.0. The topological polar surface area (TPSA) is 86.6 Å². The van der Waals surface area contributed by atoms with Crippen LogP contribution in [0.4, 0.5) is 0 Å². The molecule has 0 aromatic heterocycles. The molecule has 0 saturated carbocycles. The molecular weight excluding hydrogens is 280 g/mol. The van der Waals surface area contributed by atoms with Gasteiger partial charge in [-0.25, -0.2) is 0 Å². The number of methoxy groups -OCH3 is 1. The average molecular weight is 298 g/mol. The first-order valence-corrected chi connectivity index (χ1v) is 6.71. The van der Waals surface area contributed by atoms with Crippen molar-refractivity contribution in [3.8, 4) is 0 Å². The van der Waals surface area contributed by atoms with E-state index in [1.54, 1.807) is 0 Å². The Morgan fingerprint density at radius 3 is 2.52 bits per heavy atom. The molecule has 6 atom stereocenters. The number of rotatable bonds is 2. The van der Waals surface area contributed by atoms with Crippen LogP contribution < -0.4 is 0 Å². The van der Waals surface area contributed by atoms with Crippen LogP contribution in [0, 0.1) is 0 Å². The van der Waals surface area contributed by atoms with E-state index < -0.39 is 37.4 Å². The number of hydrogen-bond acceptors (Lipinski definition) is 7. The Morgan fingerprint density at radius 2 is 1.81 bits per heavy atom. The monoisotopic (exact) mass is 298 g/mol. The van der Waals surface area contributed by atoms with E-state index in [2.05, 4.69) is 0 Å². The van der Waals surface area contributed by atoms with Crippen LogP contribution in [0.2, 0.25) is 0 Å². The van der Waals surface area contributed by atoms with Crippen molar-refractivity contribution in [2.24, 2.45) is 0 Å². The Morgan fingerprint density at radius 1 is 1.05 bits per heavy atom. The molecule has 0 aliphatic carbocycles. The van der Waals surface area contributed by atoms with E-state index in [9.17, 15) is 10.2 Å². The minimum atomic E-state index is -1.39. The minimum Gasteiger partial charge on any atom is -0.366 e. The van der Waals surface area contributed by atoms with Crippen molar-refractivity contribution in [2.45, 2.75) is 37.4 Å². The zero-order valence-corrected chi connectivity index (χ0v) is 11.5. The van der Waals surface area contributed by atoms with Gasteiger partial charge in [0.05, 0.1) is 6.61 Å². The Balaban J connectivity index is 1.75. The van der Waals surface area contributed by atoms with Gasteiger partial charge in [0.1, 0.15) is 12.2 Å². The van der Waals surface area contributed by atoms with Gasteiger partial charge in [-0.2, -0.15) is 0 Å². The SMILES string of the molecule is COC1OC2COC(c3ccccc3)OC2C(O)OC1O. The zero-order valence-electron chi connectivity index (χ0n) is 11.5. The van der Waals surface area contributed by atoms with Crippen molar-refractivity contribution in [2.75, 3.05) is 13.7 Å². The summed E-state index contributed by atoms with van der Waals surface area (Å²) in [6.07, 6.45) is -5.73. The van der Waals surface area contributed by atoms with E-state index in [1.165, 1.54) is 7.11 Å². The molecule has 2 aliphatic heterocycles. The predicted octanol–water partition coefficient (Wildman–Crippen LogP) is 0.125. The summed E-state index contributed by atoms with van der Waals surface area (Å²) in [4.78, 5) is 0. The summed E-state index contributed by atoms with van der Waals surface area (Å²) >= 11 is 0. The Hall–Kier alpha value is -1.06. The van der Waals surface area contributed by atoms with Crippen LogP contribution in [0.25, 0.3) is 0 Å². The highest BCUT2D eigenvalue weighted by molar-refractivity contribution is 5.16. The molecule has 0 radical (unpaired) electrons. The maximum Gasteiger partial charge on any atom is 0.209 e. The standard InChI is InChI=1S/C14H18O7/c1-17-14-12(16)21-11(15)10-9(19-14)7-18-13(20-10)8-5-3-2-4-6-8/h2-6,9-16H,7H2,1H3. The number of benzene rings is 1. The number of aliphatic hydroxyl groups is 2. The second-order valence-corrected chi connectivity index (χ2v) is 4.87. The van der Waals surface area contributed by atoms with Crippen LogP contribution in [0.1, 0.15) is 11.9 Å². The molecule has 116 valence electrons. The fraction of sp³-hybridized carbons (Fsp3) is 0.571. The van der Waals surface area contributed by atoms with Gasteiger partial charge in [-0.3, -0.25) is 0 Å². The van der Waals surface area contributed by atoms with Crippen molar-refractivity contribution in [1.29, 1.82) is 0 Å². The molecular formula is C14H18O7. The molecule has 2 N–H and O–H groups in total. The molecule has 21 heavy (non-hydrogen) atoms. The molecule has 3 rings (SSSR count). The third kappa shape index (κ3) is 3.09. The lowest BCUT2D eigenvalue weighted by molar-refractivity contribution is -0.307. The summed E-state index contributed by atoms with van der Waals surface area (Å²) in [7, 11) is 1.38. The molecule has 2 fully saturated rings. The Labute approximate surface area is 121 Å². The van der Waals surface area contributed by atoms with Crippen molar-refractivity contribution >= 4 is 0 Å². The van der Waals surface area contributed by atoms with Gasteiger partial charge in [-0.05, 0) is 0 Å². The van der Waals surface area contributed by atoms with E-state index in [-0.39, 0.29) is 6.61 Å². The van der Waals surface area contributed by atoms with E-state index >= 15 is 0 Å². The number of aliphatic hydroxyl groups excluding tert-OH is 2. The van der Waals surface area contributed by atoms with Gasteiger partial charge < -0.3 is 33.9 Å². The van der Waals surface area contributed by atoms with Gasteiger partial charge in [0.25, 0.3) is 0 Å². The van der Waals surface area contributed by atoms with Crippen LogP contribution >= 0.6 is 0 Å². The van der Waals surface area contributed by atoms with Crippen LogP contribution in [0.15, 0.2) is 30.3 Å². The van der Waals surface area contributed by atoms with Gasteiger partial charge in [-0.1, -0.05) is 30.3 Å². The summed E-state index contributed by atoms with van der Waals surface area (Å²) in [6, 6.07) is 9.36. The van der Waals surface area contributed by atoms with Crippen molar-refractivity contribution in [3.63, 3.8) is 0 Å². The van der Waals surface area contributed by atoms with E-state index in [1.807, 2.05) is 30.3 Å². The number of hydrogen-bond donors (Lipinski definition) is 2. The van der Waals surface area contributed by atoms with E-state index in [0.29, 0.717) is 0 Å². The Bertz CT molecular complexity index is 454.